The number of amides is 1. The van der Waals surface area contributed by atoms with Crippen molar-refractivity contribution in [2.45, 2.75) is 58.1 Å². The van der Waals surface area contributed by atoms with Gasteiger partial charge < -0.3 is 10.4 Å². The zero-order chi connectivity index (χ0) is 13.8. The fourth-order valence-electron chi connectivity index (χ4n) is 1.44. The van der Waals surface area contributed by atoms with Crippen molar-refractivity contribution in [1.29, 1.82) is 0 Å². The lowest BCUT2D eigenvalue weighted by atomic mass is 9.86. The average molecular weight is 269 g/mol. The van der Waals surface area contributed by atoms with Crippen LogP contribution >= 0.6 is 11.3 Å². The van der Waals surface area contributed by atoms with E-state index in [2.05, 4.69) is 11.4 Å². The Kier molecular flexibility index (Phi) is 4.93. The van der Waals surface area contributed by atoms with Crippen LogP contribution in [0.5, 0.6) is 0 Å². The Morgan fingerprint density at radius 2 is 2.06 bits per heavy atom. The molecule has 18 heavy (non-hydrogen) atoms. The van der Waals surface area contributed by atoms with Crippen molar-refractivity contribution in [1.82, 2.24) is 5.32 Å². The molecule has 0 fully saturated rings. The highest BCUT2D eigenvalue weighted by Gasteiger charge is 2.35. The van der Waals surface area contributed by atoms with Gasteiger partial charge in [-0.25, -0.2) is 0 Å². The summed E-state index contributed by atoms with van der Waals surface area (Å²) in [5, 5.41) is 14.9. The molecule has 1 heterocycles. The predicted molar refractivity (Wildman–Crippen MR) is 75.8 cm³/mol. The predicted octanol–water partition coefficient (Wildman–Crippen LogP) is 2.74. The number of hydrogen-bond donors (Lipinski definition) is 2. The molecule has 1 aromatic rings. The first kappa shape index (κ1) is 15.2. The van der Waals surface area contributed by atoms with Gasteiger partial charge in [-0.2, -0.15) is 0 Å². The third-order valence-electron chi connectivity index (χ3n) is 3.39. The van der Waals surface area contributed by atoms with Gasteiger partial charge in [0.25, 0.3) is 0 Å². The van der Waals surface area contributed by atoms with Crippen LogP contribution in [0.25, 0.3) is 0 Å². The van der Waals surface area contributed by atoms with E-state index < -0.39 is 11.1 Å². The fourth-order valence-corrected chi connectivity index (χ4v) is 2.19. The molecular formula is C14H23NO2S. The fraction of sp³-hybridized carbons (Fsp3) is 0.643. The molecule has 3 nitrogen and oxygen atoms in total. The van der Waals surface area contributed by atoms with Gasteiger partial charge in [-0.1, -0.05) is 6.07 Å². The zero-order valence-electron chi connectivity index (χ0n) is 11.6. The smallest absolute Gasteiger partial charge is 0.220 e. The lowest BCUT2D eigenvalue weighted by molar-refractivity contribution is -0.126. The van der Waals surface area contributed by atoms with Crippen LogP contribution in [0, 0.1) is 0 Å². The van der Waals surface area contributed by atoms with Crippen LogP contribution in [0.15, 0.2) is 17.5 Å². The van der Waals surface area contributed by atoms with E-state index in [1.807, 2.05) is 25.3 Å². The summed E-state index contributed by atoms with van der Waals surface area (Å²) in [6.45, 7) is 7.09. The van der Waals surface area contributed by atoms with Gasteiger partial charge in [0.15, 0.2) is 0 Å². The molecule has 0 saturated heterocycles. The Bertz CT molecular complexity index is 377. The van der Waals surface area contributed by atoms with Gasteiger partial charge >= 0.3 is 0 Å². The van der Waals surface area contributed by atoms with Crippen molar-refractivity contribution in [3.63, 3.8) is 0 Å². The van der Waals surface area contributed by atoms with Crippen molar-refractivity contribution >= 4 is 17.2 Å². The molecule has 4 heteroatoms. The Labute approximate surface area is 113 Å². The Morgan fingerprint density at radius 3 is 2.56 bits per heavy atom. The molecule has 0 aromatic carbocycles. The molecule has 0 saturated carbocycles. The minimum atomic E-state index is -0.934. The summed E-state index contributed by atoms with van der Waals surface area (Å²) < 4.78 is 0. The third kappa shape index (κ3) is 4.42. The largest absolute Gasteiger partial charge is 0.388 e. The first-order valence-electron chi connectivity index (χ1n) is 6.28. The van der Waals surface area contributed by atoms with Gasteiger partial charge in [0, 0.05) is 11.3 Å². The summed E-state index contributed by atoms with van der Waals surface area (Å²) >= 11 is 1.72. The number of carbonyl (C=O) groups is 1. The van der Waals surface area contributed by atoms with E-state index in [4.69, 9.17) is 0 Å². The highest BCUT2D eigenvalue weighted by Crippen LogP contribution is 2.20. The molecule has 0 unspecified atom stereocenters. The van der Waals surface area contributed by atoms with Crippen molar-refractivity contribution in [2.24, 2.45) is 0 Å². The average Bonchev–Trinajstić information content (AvgIpc) is 2.67. The number of thiophene rings is 1. The maximum atomic E-state index is 11.8. The summed E-state index contributed by atoms with van der Waals surface area (Å²) in [6.07, 6.45) is 2.28. The number of aliphatic hydroxyl groups is 1. The second kappa shape index (κ2) is 5.85. The number of rotatable bonds is 6. The molecule has 2 N–H and O–H groups in total. The van der Waals surface area contributed by atoms with Crippen molar-refractivity contribution in [3.05, 3.63) is 22.4 Å². The molecule has 0 spiro atoms. The van der Waals surface area contributed by atoms with Gasteiger partial charge in [-0.3, -0.25) is 4.79 Å². The van der Waals surface area contributed by atoms with Crippen molar-refractivity contribution in [3.8, 4) is 0 Å². The molecule has 1 aromatic heterocycles. The van der Waals surface area contributed by atoms with Crippen LogP contribution in [0.1, 0.15) is 45.4 Å². The third-order valence-corrected chi connectivity index (χ3v) is 4.32. The minimum Gasteiger partial charge on any atom is -0.388 e. The van der Waals surface area contributed by atoms with E-state index in [1.54, 1.807) is 25.2 Å². The molecule has 0 aliphatic carbocycles. The van der Waals surface area contributed by atoms with Crippen LogP contribution in [0.3, 0.4) is 0 Å². The molecule has 1 rings (SSSR count). The van der Waals surface area contributed by atoms with Gasteiger partial charge in [-0.05, 0) is 52.0 Å². The first-order chi connectivity index (χ1) is 8.22. The van der Waals surface area contributed by atoms with E-state index in [-0.39, 0.29) is 5.91 Å². The van der Waals surface area contributed by atoms with E-state index in [0.717, 1.165) is 12.8 Å². The molecule has 0 bridgehead atoms. The molecule has 1 amide bonds. The number of nitrogens with one attached hydrogen (secondary N) is 1. The van der Waals surface area contributed by atoms with E-state index in [9.17, 15) is 9.90 Å². The monoisotopic (exact) mass is 269 g/mol. The number of aryl methyl sites for hydroxylation is 1. The number of carbonyl (C=O) groups excluding carboxylic acids is 1. The lowest BCUT2D eigenvalue weighted by Crippen LogP contribution is -2.57. The van der Waals surface area contributed by atoms with Crippen LogP contribution in [-0.2, 0) is 11.2 Å². The van der Waals surface area contributed by atoms with Crippen molar-refractivity contribution < 1.29 is 9.90 Å². The van der Waals surface area contributed by atoms with Gasteiger partial charge in [0.1, 0.15) is 0 Å². The van der Waals surface area contributed by atoms with Crippen LogP contribution in [0.2, 0.25) is 0 Å². The van der Waals surface area contributed by atoms with E-state index in [1.165, 1.54) is 4.88 Å². The molecule has 0 atom stereocenters. The SMILES string of the molecule is CC(C)(O)C(C)(C)NC(=O)CCCc1cccs1. The first-order valence-corrected chi connectivity index (χ1v) is 7.16. The van der Waals surface area contributed by atoms with Crippen LogP contribution in [-0.4, -0.2) is 22.2 Å². The summed E-state index contributed by atoms with van der Waals surface area (Å²) in [4.78, 5) is 13.1. The molecule has 0 aliphatic heterocycles. The Balaban J connectivity index is 2.34. The lowest BCUT2D eigenvalue weighted by Gasteiger charge is -2.38. The topological polar surface area (TPSA) is 49.3 Å². The zero-order valence-corrected chi connectivity index (χ0v) is 12.4. The second-order valence-corrected chi connectivity index (χ2v) is 6.70. The van der Waals surface area contributed by atoms with Gasteiger partial charge in [0.2, 0.25) is 5.91 Å². The molecule has 102 valence electrons. The quantitative estimate of drug-likeness (QED) is 0.834. The van der Waals surface area contributed by atoms with Crippen LogP contribution in [0.4, 0.5) is 0 Å². The summed E-state index contributed by atoms with van der Waals surface area (Å²) in [7, 11) is 0. The van der Waals surface area contributed by atoms with Gasteiger partial charge in [0.05, 0.1) is 11.1 Å². The molecular weight excluding hydrogens is 246 g/mol. The van der Waals surface area contributed by atoms with E-state index in [0.29, 0.717) is 6.42 Å². The second-order valence-electron chi connectivity index (χ2n) is 5.67. The van der Waals surface area contributed by atoms with Crippen molar-refractivity contribution in [2.75, 3.05) is 0 Å². The normalized spacial score (nSPS) is 12.5. The number of hydrogen-bond acceptors (Lipinski definition) is 3. The summed E-state index contributed by atoms with van der Waals surface area (Å²) in [5.41, 5.74) is -1.55. The standard InChI is InChI=1S/C14H23NO2S/c1-13(2,14(3,4)17)15-12(16)9-5-7-11-8-6-10-18-11/h6,8,10,17H,5,7,9H2,1-4H3,(H,15,16). The summed E-state index contributed by atoms with van der Waals surface area (Å²) in [5.74, 6) is -0.00122. The summed E-state index contributed by atoms with van der Waals surface area (Å²) in [6, 6.07) is 4.11. The van der Waals surface area contributed by atoms with Gasteiger partial charge in [-0.15, -0.1) is 11.3 Å². The molecule has 0 aliphatic rings. The minimum absolute atomic E-state index is 0.00122. The Hall–Kier alpha value is -0.870. The van der Waals surface area contributed by atoms with Crippen LogP contribution < -0.4 is 5.32 Å². The maximum Gasteiger partial charge on any atom is 0.220 e. The highest BCUT2D eigenvalue weighted by molar-refractivity contribution is 7.09. The highest BCUT2D eigenvalue weighted by atomic mass is 32.1. The van der Waals surface area contributed by atoms with E-state index >= 15 is 0 Å². The maximum absolute atomic E-state index is 11.8. The molecule has 0 radical (unpaired) electrons. The Morgan fingerprint density at radius 1 is 1.39 bits per heavy atom.